The maximum Gasteiger partial charge on any atom is 0.225 e. The number of likely N-dealkylation sites (tertiary alicyclic amines) is 1. The number of benzene rings is 1. The third kappa shape index (κ3) is 5.08. The minimum absolute atomic E-state index is 0. The number of nitrogens with zero attached hydrogens (tertiary/aromatic N) is 2. The summed E-state index contributed by atoms with van der Waals surface area (Å²) in [6.07, 6.45) is 6.16. The van der Waals surface area contributed by atoms with Crippen LogP contribution in [0.1, 0.15) is 30.4 Å². The third-order valence-electron chi connectivity index (χ3n) is 6.21. The van der Waals surface area contributed by atoms with Crippen molar-refractivity contribution in [2.24, 2.45) is 5.92 Å². The van der Waals surface area contributed by atoms with Gasteiger partial charge in [0, 0.05) is 36.1 Å². The van der Waals surface area contributed by atoms with Crippen molar-refractivity contribution in [3.63, 3.8) is 0 Å². The van der Waals surface area contributed by atoms with Gasteiger partial charge < -0.3 is 14.4 Å². The van der Waals surface area contributed by atoms with Gasteiger partial charge in [-0.1, -0.05) is 23.3 Å². The van der Waals surface area contributed by atoms with Crippen molar-refractivity contribution in [3.8, 4) is 5.75 Å². The van der Waals surface area contributed by atoms with Gasteiger partial charge in [-0.3, -0.25) is 9.69 Å². The van der Waals surface area contributed by atoms with Gasteiger partial charge in [0.05, 0.1) is 20.3 Å². The second-order valence-corrected chi connectivity index (χ2v) is 8.34. The zero-order valence-corrected chi connectivity index (χ0v) is 18.6. The molecule has 1 aromatic carbocycles. The van der Waals surface area contributed by atoms with Crippen LogP contribution in [0.15, 0.2) is 17.7 Å². The van der Waals surface area contributed by atoms with Gasteiger partial charge in [0.15, 0.2) is 0 Å². The largest absolute Gasteiger partial charge is 0.496 e. The number of carbonyl (C=O) groups excluding carboxylic acids is 1. The van der Waals surface area contributed by atoms with E-state index >= 15 is 0 Å². The average molecular weight is 441 g/mol. The van der Waals surface area contributed by atoms with Crippen molar-refractivity contribution in [1.82, 2.24) is 9.80 Å². The van der Waals surface area contributed by atoms with Crippen LogP contribution in [-0.4, -0.2) is 68.8 Å². The van der Waals surface area contributed by atoms with Gasteiger partial charge in [-0.15, -0.1) is 12.4 Å². The number of halogens is 2. The summed E-state index contributed by atoms with van der Waals surface area (Å²) in [5.41, 5.74) is 3.74. The van der Waals surface area contributed by atoms with Crippen LogP contribution in [0, 0.1) is 5.92 Å². The van der Waals surface area contributed by atoms with Crippen molar-refractivity contribution in [2.75, 3.05) is 53.0 Å². The standard InChI is InChI=1S/C22H29ClN2O3.ClH/c1-27-21-5-4-20(23)19-14-16(2-3-18(19)21)15-24-8-6-17(7-9-24)22(26)25-10-12-28-13-11-25;/h4-5,14,17H,2-3,6-13,15H2,1H3;1H. The van der Waals surface area contributed by atoms with Crippen LogP contribution >= 0.6 is 24.0 Å². The Kier molecular flexibility index (Phi) is 7.85. The van der Waals surface area contributed by atoms with E-state index in [2.05, 4.69) is 11.0 Å². The van der Waals surface area contributed by atoms with E-state index in [1.54, 1.807) is 7.11 Å². The molecule has 7 heteroatoms. The van der Waals surface area contributed by atoms with Crippen LogP contribution in [0.2, 0.25) is 5.02 Å². The van der Waals surface area contributed by atoms with Crippen LogP contribution < -0.4 is 4.74 Å². The number of piperidine rings is 1. The molecule has 0 N–H and O–H groups in total. The van der Waals surface area contributed by atoms with Crippen molar-refractivity contribution < 1.29 is 14.3 Å². The average Bonchev–Trinajstić information content (AvgIpc) is 2.75. The zero-order chi connectivity index (χ0) is 19.5. The van der Waals surface area contributed by atoms with Crippen molar-refractivity contribution in [3.05, 3.63) is 33.9 Å². The van der Waals surface area contributed by atoms with Gasteiger partial charge in [0.25, 0.3) is 0 Å². The molecule has 0 bridgehead atoms. The van der Waals surface area contributed by atoms with E-state index in [4.69, 9.17) is 21.1 Å². The summed E-state index contributed by atoms with van der Waals surface area (Å²) in [6.45, 7) is 5.77. The second-order valence-electron chi connectivity index (χ2n) is 7.93. The number of fused-ring (bicyclic) bond motifs is 1. The molecule has 2 aliphatic heterocycles. The lowest BCUT2D eigenvalue weighted by molar-refractivity contribution is -0.141. The molecule has 0 aromatic heterocycles. The number of rotatable bonds is 4. The summed E-state index contributed by atoms with van der Waals surface area (Å²) in [5, 5.41) is 0.794. The van der Waals surface area contributed by atoms with Gasteiger partial charge in [0.1, 0.15) is 5.75 Å². The summed E-state index contributed by atoms with van der Waals surface area (Å²) in [5.74, 6) is 1.43. The monoisotopic (exact) mass is 440 g/mol. The lowest BCUT2D eigenvalue weighted by Gasteiger charge is -2.36. The number of hydrogen-bond donors (Lipinski definition) is 0. The first-order valence-corrected chi connectivity index (χ1v) is 10.7. The molecule has 0 atom stereocenters. The molecule has 3 aliphatic rings. The molecule has 0 spiro atoms. The fraction of sp³-hybridized carbons (Fsp3) is 0.591. The van der Waals surface area contributed by atoms with Gasteiger partial charge in [-0.05, 0) is 56.5 Å². The molecule has 160 valence electrons. The summed E-state index contributed by atoms with van der Waals surface area (Å²) in [4.78, 5) is 17.2. The smallest absolute Gasteiger partial charge is 0.225 e. The molecule has 2 saturated heterocycles. The highest BCUT2D eigenvalue weighted by molar-refractivity contribution is 6.32. The van der Waals surface area contributed by atoms with Gasteiger partial charge in [0.2, 0.25) is 5.91 Å². The molecule has 2 fully saturated rings. The second kappa shape index (κ2) is 10.2. The van der Waals surface area contributed by atoms with E-state index in [-0.39, 0.29) is 18.3 Å². The van der Waals surface area contributed by atoms with Crippen LogP contribution in [0.3, 0.4) is 0 Å². The summed E-state index contributed by atoms with van der Waals surface area (Å²) < 4.78 is 10.9. The molecule has 1 aromatic rings. The number of carbonyl (C=O) groups is 1. The quantitative estimate of drug-likeness (QED) is 0.715. The first-order chi connectivity index (χ1) is 13.7. The topological polar surface area (TPSA) is 42.0 Å². The third-order valence-corrected chi connectivity index (χ3v) is 6.54. The number of hydrogen-bond acceptors (Lipinski definition) is 4. The first kappa shape index (κ1) is 22.4. The summed E-state index contributed by atoms with van der Waals surface area (Å²) in [6, 6.07) is 3.87. The number of amides is 1. The lowest BCUT2D eigenvalue weighted by Crippen LogP contribution is -2.47. The van der Waals surface area contributed by atoms with Crippen LogP contribution in [0.4, 0.5) is 0 Å². The zero-order valence-electron chi connectivity index (χ0n) is 17.0. The molecule has 5 nitrogen and oxygen atoms in total. The van der Waals surface area contributed by atoms with Crippen LogP contribution in [0.25, 0.3) is 6.08 Å². The Morgan fingerprint density at radius 3 is 2.59 bits per heavy atom. The Bertz CT molecular complexity index is 755. The van der Waals surface area contributed by atoms with Crippen LogP contribution in [-0.2, 0) is 16.0 Å². The minimum atomic E-state index is 0. The van der Waals surface area contributed by atoms with Gasteiger partial charge in [-0.2, -0.15) is 0 Å². The molecule has 0 saturated carbocycles. The SMILES string of the molecule is COc1ccc(Cl)c2c1CCC(CN1CCC(C(=O)N3CCOCC3)CC1)=C2.Cl. The predicted molar refractivity (Wildman–Crippen MR) is 118 cm³/mol. The number of methoxy groups -OCH3 is 1. The lowest BCUT2D eigenvalue weighted by atomic mass is 9.90. The number of ether oxygens (including phenoxy) is 2. The van der Waals surface area contributed by atoms with Crippen molar-refractivity contribution >= 4 is 36.0 Å². The maximum atomic E-state index is 12.7. The highest BCUT2D eigenvalue weighted by Crippen LogP contribution is 2.36. The molecule has 29 heavy (non-hydrogen) atoms. The van der Waals surface area contributed by atoms with Gasteiger partial charge in [-0.25, -0.2) is 0 Å². The fourth-order valence-corrected chi connectivity index (χ4v) is 4.81. The molecule has 1 amide bonds. The van der Waals surface area contributed by atoms with E-state index in [1.807, 2.05) is 17.0 Å². The van der Waals surface area contributed by atoms with E-state index in [0.29, 0.717) is 19.1 Å². The Hall–Kier alpha value is -1.27. The summed E-state index contributed by atoms with van der Waals surface area (Å²) in [7, 11) is 1.71. The minimum Gasteiger partial charge on any atom is -0.496 e. The summed E-state index contributed by atoms with van der Waals surface area (Å²) >= 11 is 6.44. The molecule has 0 unspecified atom stereocenters. The Balaban J connectivity index is 0.00000240. The number of morpholine rings is 1. The fourth-order valence-electron chi connectivity index (χ4n) is 4.57. The molecular weight excluding hydrogens is 411 g/mol. The van der Waals surface area contributed by atoms with E-state index in [0.717, 1.165) is 74.7 Å². The maximum absolute atomic E-state index is 12.7. The van der Waals surface area contributed by atoms with Gasteiger partial charge >= 0.3 is 0 Å². The van der Waals surface area contributed by atoms with Crippen molar-refractivity contribution in [2.45, 2.75) is 25.7 Å². The van der Waals surface area contributed by atoms with E-state index < -0.39 is 0 Å². The molecule has 0 radical (unpaired) electrons. The van der Waals surface area contributed by atoms with E-state index in [9.17, 15) is 4.79 Å². The van der Waals surface area contributed by atoms with Crippen molar-refractivity contribution in [1.29, 1.82) is 0 Å². The Labute approximate surface area is 184 Å². The normalized spacial score (nSPS) is 20.5. The highest BCUT2D eigenvalue weighted by Gasteiger charge is 2.30. The molecule has 1 aliphatic carbocycles. The Morgan fingerprint density at radius 2 is 1.90 bits per heavy atom. The highest BCUT2D eigenvalue weighted by atomic mass is 35.5. The Morgan fingerprint density at radius 1 is 1.17 bits per heavy atom. The van der Waals surface area contributed by atoms with E-state index in [1.165, 1.54) is 11.1 Å². The first-order valence-electron chi connectivity index (χ1n) is 10.3. The molecule has 4 rings (SSSR count). The molecular formula is C22H30Cl2N2O3. The van der Waals surface area contributed by atoms with Crippen LogP contribution in [0.5, 0.6) is 5.75 Å². The molecule has 2 heterocycles. The predicted octanol–water partition coefficient (Wildman–Crippen LogP) is 3.67.